The van der Waals surface area contributed by atoms with E-state index in [4.69, 9.17) is 81.2 Å². The predicted molar refractivity (Wildman–Crippen MR) is 98.2 cm³/mol. The van der Waals surface area contributed by atoms with Gasteiger partial charge in [0.25, 0.3) is 0 Å². The van der Waals surface area contributed by atoms with Gasteiger partial charge in [-0.1, -0.05) is 58.6 Å². The minimum Gasteiger partial charge on any atom is -2.00 e. The number of fused-ring (bicyclic) bond motifs is 5. The van der Waals surface area contributed by atoms with Crippen LogP contribution in [0.2, 0.25) is 0 Å². The van der Waals surface area contributed by atoms with E-state index in [2.05, 4.69) is 0 Å². The summed E-state index contributed by atoms with van der Waals surface area (Å²) in [5.74, 6) is -0.470. The van der Waals surface area contributed by atoms with Crippen LogP contribution in [0, 0.1) is 11.8 Å². The molecule has 2 radical (unpaired) electrons. The molecule has 132 valence electrons. The first kappa shape index (κ1) is 30.6. The van der Waals surface area contributed by atoms with Crippen LogP contribution in [0.5, 0.6) is 0 Å². The van der Waals surface area contributed by atoms with Gasteiger partial charge in [0.05, 0.1) is 15.4 Å². The Labute approximate surface area is 213 Å². The molecule has 22 heavy (non-hydrogen) atoms. The van der Waals surface area contributed by atoms with Gasteiger partial charge >= 0.3 is 0 Å². The monoisotopic (exact) mass is 840 g/mol. The van der Waals surface area contributed by atoms with Gasteiger partial charge in [-0.25, -0.2) is 0 Å². The number of rotatable bonds is 0. The summed E-state index contributed by atoms with van der Waals surface area (Å²) in [6.45, 7) is 0. The number of hydrogen-bond donors (Lipinski definition) is 0. The van der Waals surface area contributed by atoms with Crippen LogP contribution in [0.25, 0.3) is 0 Å². The van der Waals surface area contributed by atoms with E-state index in [1.807, 2.05) is 12.2 Å². The Balaban J connectivity index is -0.000000722. The number of alkyl halides is 5. The molecular formula is C10H5Cl7Re2S3-6. The normalized spacial score (nSPS) is 42.2. The Morgan fingerprint density at radius 2 is 1.18 bits per heavy atom. The third-order valence-corrected chi connectivity index (χ3v) is 8.61. The summed E-state index contributed by atoms with van der Waals surface area (Å²) in [4.78, 5) is -2.45. The van der Waals surface area contributed by atoms with Crippen LogP contribution in [-0.4, -0.2) is 19.5 Å². The van der Waals surface area contributed by atoms with E-state index in [0.717, 1.165) is 0 Å². The van der Waals surface area contributed by atoms with Crippen molar-refractivity contribution in [3.05, 3.63) is 22.2 Å². The summed E-state index contributed by atoms with van der Waals surface area (Å²) in [7, 11) is 0. The molecule has 0 N–H and O–H groups in total. The van der Waals surface area contributed by atoms with E-state index in [0.29, 0.717) is 0 Å². The van der Waals surface area contributed by atoms with Gasteiger partial charge in [0.1, 0.15) is 9.75 Å². The quantitative estimate of drug-likeness (QED) is 0.232. The molecule has 5 atom stereocenters. The van der Waals surface area contributed by atoms with Crippen molar-refractivity contribution < 1.29 is 40.8 Å². The molecule has 3 aliphatic carbocycles. The Morgan fingerprint density at radius 1 is 0.773 bits per heavy atom. The van der Waals surface area contributed by atoms with Gasteiger partial charge in [0, 0.05) is 52.7 Å². The molecule has 1 saturated carbocycles. The zero-order valence-corrected chi connectivity index (χ0v) is 23.2. The van der Waals surface area contributed by atoms with E-state index < -0.39 is 14.1 Å². The van der Waals surface area contributed by atoms with Crippen LogP contribution in [0.4, 0.5) is 0 Å². The number of halogens is 7. The van der Waals surface area contributed by atoms with Crippen molar-refractivity contribution in [2.45, 2.75) is 19.5 Å². The largest absolute Gasteiger partial charge is 2.00 e. The Bertz CT molecular complexity index is 489. The summed E-state index contributed by atoms with van der Waals surface area (Å²) in [5, 5.41) is 0.113. The molecule has 3 aliphatic rings. The summed E-state index contributed by atoms with van der Waals surface area (Å²) in [6.07, 6.45) is 3.69. The van der Waals surface area contributed by atoms with E-state index in [1.54, 1.807) is 0 Å². The minimum atomic E-state index is -1.48. The van der Waals surface area contributed by atoms with Crippen LogP contribution in [0.15, 0.2) is 22.2 Å². The summed E-state index contributed by atoms with van der Waals surface area (Å²) >= 11 is 44.5. The Kier molecular flexibility index (Phi) is 13.1. The van der Waals surface area contributed by atoms with Gasteiger partial charge in [-0.3, -0.25) is 0 Å². The van der Waals surface area contributed by atoms with Crippen LogP contribution < -0.4 is 0 Å². The second-order valence-corrected chi connectivity index (χ2v) is 8.29. The van der Waals surface area contributed by atoms with E-state index >= 15 is 0 Å². The maximum atomic E-state index is 6.57. The van der Waals surface area contributed by atoms with Crippen LogP contribution >= 0.6 is 81.2 Å². The van der Waals surface area contributed by atoms with Gasteiger partial charge < -0.3 is 40.5 Å². The van der Waals surface area contributed by atoms with Crippen molar-refractivity contribution in [2.75, 3.05) is 0 Å². The first-order valence-electron chi connectivity index (χ1n) is 4.85. The molecule has 0 nitrogen and oxygen atoms in total. The predicted octanol–water partition coefficient (Wildman–Crippen LogP) is 5.23. The minimum absolute atomic E-state index is 0. The number of allylic oxidation sites excluding steroid dienone is 4. The Morgan fingerprint density at radius 3 is 1.64 bits per heavy atom. The maximum absolute atomic E-state index is 6.57. The molecule has 12 heteroatoms. The zero-order chi connectivity index (χ0) is 12.8. The average molecular weight is 842 g/mol. The molecule has 1 fully saturated rings. The van der Waals surface area contributed by atoms with Crippen molar-refractivity contribution in [1.82, 2.24) is 0 Å². The number of hydrogen-bond acceptors (Lipinski definition) is 0. The SMILES string of the molecule is ClC1=C(Cl)C2(Cl)C3C(Cl)C=CC3C1(Cl)C2(Cl)Cl.[Re].[Re].[S-2].[S-2].[S-2]. The van der Waals surface area contributed by atoms with Gasteiger partial charge in [-0.2, -0.15) is 0 Å². The van der Waals surface area contributed by atoms with E-state index in [9.17, 15) is 0 Å². The van der Waals surface area contributed by atoms with Gasteiger partial charge in [0.15, 0.2) is 4.33 Å². The fourth-order valence-electron chi connectivity index (χ4n) is 3.08. The van der Waals surface area contributed by atoms with Crippen LogP contribution in [-0.2, 0) is 81.3 Å². The molecule has 0 saturated heterocycles. The van der Waals surface area contributed by atoms with Crippen LogP contribution in [0.1, 0.15) is 0 Å². The molecule has 0 aromatic carbocycles. The van der Waals surface area contributed by atoms with Crippen molar-refractivity contribution in [2.24, 2.45) is 11.8 Å². The standard InChI is InChI=1S/C10H5Cl7.2Re.3S/c11-4-2-1-3-5(4)9(15)7(13)6(12)8(3,14)10(9,16)17;;;;;/h1-5H;;;;;/q;;;3*-2. The van der Waals surface area contributed by atoms with Crippen molar-refractivity contribution >= 4 is 122 Å². The molecule has 0 amide bonds. The topological polar surface area (TPSA) is 0 Å². The van der Waals surface area contributed by atoms with E-state index in [1.165, 1.54) is 0 Å². The van der Waals surface area contributed by atoms with Gasteiger partial charge in [-0.05, 0) is 0 Å². The summed E-state index contributed by atoms with van der Waals surface area (Å²) in [5.41, 5.74) is 0. The first-order chi connectivity index (χ1) is 7.70. The molecule has 0 aliphatic heterocycles. The zero-order valence-electron chi connectivity index (χ0n) is 10.0. The average Bonchev–Trinajstić information content (AvgIpc) is 2.73. The molecule has 0 heterocycles. The molecule has 3 rings (SSSR count). The van der Waals surface area contributed by atoms with Crippen molar-refractivity contribution in [3.8, 4) is 0 Å². The molecule has 5 unspecified atom stereocenters. The fourth-order valence-corrected chi connectivity index (χ4v) is 6.60. The van der Waals surface area contributed by atoms with E-state index in [-0.39, 0.29) is 109 Å². The molecule has 0 spiro atoms. The van der Waals surface area contributed by atoms with Crippen molar-refractivity contribution in [1.29, 1.82) is 0 Å². The first-order valence-corrected chi connectivity index (χ1v) is 7.55. The maximum Gasteiger partial charge on any atom is 0.167 e. The van der Waals surface area contributed by atoms with Gasteiger partial charge in [0.2, 0.25) is 0 Å². The third kappa shape index (κ3) is 3.16. The molecule has 2 bridgehead atoms. The molecule has 0 aromatic rings. The Hall–Kier alpha value is 3.88. The molecular weight excluding hydrogens is 837 g/mol. The fraction of sp³-hybridized carbons (Fsp3) is 0.600. The third-order valence-electron chi connectivity index (χ3n) is 3.90. The van der Waals surface area contributed by atoms with Crippen LogP contribution in [0.3, 0.4) is 0 Å². The smallest absolute Gasteiger partial charge is 0.167 e. The summed E-state index contributed by atoms with van der Waals surface area (Å²) in [6, 6.07) is 0. The van der Waals surface area contributed by atoms with Gasteiger partial charge in [-0.15, -0.1) is 34.8 Å². The van der Waals surface area contributed by atoms with Crippen molar-refractivity contribution in [3.63, 3.8) is 0 Å². The second-order valence-electron chi connectivity index (χ2n) is 4.51. The second kappa shape index (κ2) is 9.39. The summed E-state index contributed by atoms with van der Waals surface area (Å²) < 4.78 is -1.48. The molecule has 0 aromatic heterocycles.